The molecule has 0 radical (unpaired) electrons. The highest BCUT2D eigenvalue weighted by molar-refractivity contribution is 5.93. The van der Waals surface area contributed by atoms with Crippen molar-refractivity contribution in [1.82, 2.24) is 25.1 Å². The Balaban J connectivity index is 1.45. The summed E-state index contributed by atoms with van der Waals surface area (Å²) >= 11 is 0. The van der Waals surface area contributed by atoms with E-state index in [0.29, 0.717) is 17.5 Å². The van der Waals surface area contributed by atoms with Gasteiger partial charge < -0.3 is 15.0 Å². The number of hydrogen-bond donors (Lipinski definition) is 1. The summed E-state index contributed by atoms with van der Waals surface area (Å²) in [5.74, 6) is 0.160. The molecule has 3 aliphatic rings. The molecular weight excluding hydrogens is 370 g/mol. The van der Waals surface area contributed by atoms with Gasteiger partial charge in [-0.15, -0.1) is 0 Å². The van der Waals surface area contributed by atoms with Crippen LogP contribution >= 0.6 is 0 Å². The second-order valence-electron chi connectivity index (χ2n) is 8.40. The van der Waals surface area contributed by atoms with Crippen LogP contribution in [0.15, 0.2) is 18.7 Å². The molecule has 1 N–H and O–H groups in total. The van der Waals surface area contributed by atoms with Crippen LogP contribution in [0.4, 0.5) is 0 Å². The fraction of sp³-hybridized carbons (Fsp3) is 0.714. The van der Waals surface area contributed by atoms with Crippen molar-refractivity contribution in [3.63, 3.8) is 0 Å². The molecule has 0 saturated carbocycles. The van der Waals surface area contributed by atoms with Crippen molar-refractivity contribution in [1.29, 1.82) is 0 Å². The number of ether oxygens (including phenoxy) is 1. The van der Waals surface area contributed by atoms with E-state index in [1.807, 2.05) is 4.90 Å². The minimum atomic E-state index is -0.146. The summed E-state index contributed by atoms with van der Waals surface area (Å²) in [6.07, 6.45) is 10.3. The minimum absolute atomic E-state index is 0.0119. The minimum Gasteiger partial charge on any atom is -0.381 e. The van der Waals surface area contributed by atoms with Gasteiger partial charge in [0.25, 0.3) is 5.91 Å². The van der Waals surface area contributed by atoms with Crippen molar-refractivity contribution in [2.24, 2.45) is 5.92 Å². The van der Waals surface area contributed by atoms with Crippen LogP contribution in [0.25, 0.3) is 0 Å². The number of nitrogens with zero attached hydrogens (tertiary/aromatic N) is 4. The molecule has 2 amide bonds. The van der Waals surface area contributed by atoms with Gasteiger partial charge in [-0.1, -0.05) is 0 Å². The number of nitrogens with one attached hydrogen (secondary N) is 1. The molecule has 3 aliphatic heterocycles. The Bertz CT molecular complexity index is 689. The summed E-state index contributed by atoms with van der Waals surface area (Å²) in [5, 5.41) is 3.16. The lowest BCUT2D eigenvalue weighted by atomic mass is 9.99. The first-order valence-corrected chi connectivity index (χ1v) is 10.9. The largest absolute Gasteiger partial charge is 0.381 e. The molecule has 1 aromatic heterocycles. The SMILES string of the molecule is O=C(N[C@H]1CC[C@@H](C(=O)N2CCCC2)CN(C2CCOCC2)C1)c1cncnc1. The number of likely N-dealkylation sites (tertiary alicyclic amines) is 2. The van der Waals surface area contributed by atoms with Gasteiger partial charge in [-0.2, -0.15) is 0 Å². The number of rotatable bonds is 4. The summed E-state index contributed by atoms with van der Waals surface area (Å²) in [6, 6.07) is 0.428. The normalized spacial score (nSPS) is 26.8. The number of carbonyl (C=O) groups excluding carboxylic acids is 2. The van der Waals surface area contributed by atoms with E-state index in [1.54, 1.807) is 0 Å². The molecule has 4 rings (SSSR count). The lowest BCUT2D eigenvalue weighted by Crippen LogP contribution is -2.49. The molecule has 8 heteroatoms. The predicted molar refractivity (Wildman–Crippen MR) is 107 cm³/mol. The summed E-state index contributed by atoms with van der Waals surface area (Å²) in [4.78, 5) is 38.1. The molecule has 0 unspecified atom stereocenters. The second-order valence-corrected chi connectivity index (χ2v) is 8.40. The van der Waals surface area contributed by atoms with Crippen molar-refractivity contribution >= 4 is 11.8 Å². The van der Waals surface area contributed by atoms with Crippen molar-refractivity contribution in [2.75, 3.05) is 39.4 Å². The summed E-state index contributed by atoms with van der Waals surface area (Å²) in [5.41, 5.74) is 0.471. The maximum Gasteiger partial charge on any atom is 0.254 e. The van der Waals surface area contributed by atoms with Gasteiger partial charge in [0.1, 0.15) is 6.33 Å². The molecule has 0 aliphatic carbocycles. The topological polar surface area (TPSA) is 87.7 Å². The van der Waals surface area contributed by atoms with Gasteiger partial charge in [0.2, 0.25) is 5.91 Å². The molecule has 0 bridgehead atoms. The van der Waals surface area contributed by atoms with E-state index < -0.39 is 0 Å². The van der Waals surface area contributed by atoms with Gasteiger partial charge in [-0.3, -0.25) is 14.5 Å². The van der Waals surface area contributed by atoms with Crippen LogP contribution in [-0.2, 0) is 9.53 Å². The van der Waals surface area contributed by atoms with Crippen LogP contribution in [0.3, 0.4) is 0 Å². The Hall–Kier alpha value is -2.06. The zero-order valence-corrected chi connectivity index (χ0v) is 17.0. The molecule has 8 nitrogen and oxygen atoms in total. The van der Waals surface area contributed by atoms with E-state index >= 15 is 0 Å². The molecule has 4 heterocycles. The van der Waals surface area contributed by atoms with Gasteiger partial charge >= 0.3 is 0 Å². The first kappa shape index (κ1) is 20.2. The number of aromatic nitrogens is 2. The Labute approximate surface area is 172 Å². The summed E-state index contributed by atoms with van der Waals surface area (Å²) in [6.45, 7) is 4.87. The third kappa shape index (κ3) is 5.11. The molecule has 0 spiro atoms. The zero-order chi connectivity index (χ0) is 20.1. The fourth-order valence-corrected chi connectivity index (χ4v) is 4.77. The van der Waals surface area contributed by atoms with E-state index in [1.165, 1.54) is 18.7 Å². The van der Waals surface area contributed by atoms with E-state index in [4.69, 9.17) is 4.74 Å². The zero-order valence-electron chi connectivity index (χ0n) is 17.0. The van der Waals surface area contributed by atoms with Gasteiger partial charge in [0, 0.05) is 63.9 Å². The molecule has 158 valence electrons. The first-order chi connectivity index (χ1) is 14.2. The fourth-order valence-electron chi connectivity index (χ4n) is 4.77. The number of amides is 2. The highest BCUT2D eigenvalue weighted by atomic mass is 16.5. The van der Waals surface area contributed by atoms with E-state index in [2.05, 4.69) is 20.2 Å². The lowest BCUT2D eigenvalue weighted by molar-refractivity contribution is -0.135. The van der Waals surface area contributed by atoms with Gasteiger partial charge in [0.15, 0.2) is 0 Å². The van der Waals surface area contributed by atoms with Gasteiger partial charge in [-0.05, 0) is 38.5 Å². The first-order valence-electron chi connectivity index (χ1n) is 10.9. The average Bonchev–Trinajstić information content (AvgIpc) is 3.23. The van der Waals surface area contributed by atoms with Gasteiger partial charge in [-0.25, -0.2) is 9.97 Å². The van der Waals surface area contributed by atoms with E-state index in [0.717, 1.165) is 77.9 Å². The molecule has 1 aromatic rings. The lowest BCUT2D eigenvalue weighted by Gasteiger charge is -2.36. The van der Waals surface area contributed by atoms with Crippen LogP contribution in [0.2, 0.25) is 0 Å². The van der Waals surface area contributed by atoms with Crippen LogP contribution in [0.5, 0.6) is 0 Å². The van der Waals surface area contributed by atoms with Crippen LogP contribution in [0, 0.1) is 5.92 Å². The quantitative estimate of drug-likeness (QED) is 0.813. The predicted octanol–water partition coefficient (Wildman–Crippen LogP) is 1.09. The smallest absolute Gasteiger partial charge is 0.254 e. The third-order valence-corrected chi connectivity index (χ3v) is 6.41. The molecule has 3 saturated heterocycles. The molecule has 0 aromatic carbocycles. The molecule has 29 heavy (non-hydrogen) atoms. The maximum absolute atomic E-state index is 13.1. The Morgan fingerprint density at radius 1 is 1.00 bits per heavy atom. The molecule has 3 fully saturated rings. The van der Waals surface area contributed by atoms with E-state index in [-0.39, 0.29) is 17.9 Å². The van der Waals surface area contributed by atoms with Crippen LogP contribution in [0.1, 0.15) is 48.9 Å². The summed E-state index contributed by atoms with van der Waals surface area (Å²) in [7, 11) is 0. The summed E-state index contributed by atoms with van der Waals surface area (Å²) < 4.78 is 5.54. The monoisotopic (exact) mass is 401 g/mol. The van der Waals surface area contributed by atoms with Crippen molar-refractivity contribution in [2.45, 2.75) is 50.6 Å². The molecule has 2 atom stereocenters. The van der Waals surface area contributed by atoms with Crippen LogP contribution in [-0.4, -0.2) is 83.1 Å². The Morgan fingerprint density at radius 3 is 2.45 bits per heavy atom. The number of hydrogen-bond acceptors (Lipinski definition) is 6. The van der Waals surface area contributed by atoms with Crippen molar-refractivity contribution in [3.05, 3.63) is 24.3 Å². The number of carbonyl (C=O) groups is 2. The van der Waals surface area contributed by atoms with Crippen molar-refractivity contribution < 1.29 is 14.3 Å². The average molecular weight is 402 g/mol. The highest BCUT2D eigenvalue weighted by Gasteiger charge is 2.35. The Kier molecular flexibility index (Phi) is 6.71. The Morgan fingerprint density at radius 2 is 1.72 bits per heavy atom. The van der Waals surface area contributed by atoms with Crippen LogP contribution < -0.4 is 5.32 Å². The van der Waals surface area contributed by atoms with Crippen molar-refractivity contribution in [3.8, 4) is 0 Å². The standard InChI is InChI=1S/C21H31N5O3/c27-20(17-11-22-15-23-12-17)24-18-4-3-16(21(28)25-7-1-2-8-25)13-26(14-18)19-5-9-29-10-6-19/h11-12,15-16,18-19H,1-10,13-14H2,(H,24,27)/t16-,18+/m1/s1. The maximum atomic E-state index is 13.1. The third-order valence-electron chi connectivity index (χ3n) is 6.41. The highest BCUT2D eigenvalue weighted by Crippen LogP contribution is 2.25. The van der Waals surface area contributed by atoms with Gasteiger partial charge in [0.05, 0.1) is 11.5 Å². The second kappa shape index (κ2) is 9.63. The van der Waals surface area contributed by atoms with E-state index in [9.17, 15) is 9.59 Å². The molecular formula is C21H31N5O3.